The van der Waals surface area contributed by atoms with E-state index in [2.05, 4.69) is 16.8 Å². The van der Waals surface area contributed by atoms with Crippen molar-refractivity contribution in [2.75, 3.05) is 0 Å². The van der Waals surface area contributed by atoms with E-state index in [0.717, 1.165) is 21.9 Å². The first-order valence-electron chi connectivity index (χ1n) is 13.7. The number of hydrogen-bond acceptors (Lipinski definition) is 5. The molecule has 4 aromatic carbocycles. The number of urea groups is 1. The summed E-state index contributed by atoms with van der Waals surface area (Å²) in [6, 6.07) is 27.1. The van der Waals surface area contributed by atoms with Crippen LogP contribution in [0, 0.1) is 10.1 Å². The first-order chi connectivity index (χ1) is 19.9. The molecule has 0 radical (unpaired) electrons. The zero-order valence-electron chi connectivity index (χ0n) is 23.0. The lowest BCUT2D eigenvalue weighted by Crippen LogP contribution is -2.54. The Kier molecular flexibility index (Phi) is 9.88. The minimum atomic E-state index is -0.628. The molecule has 0 heterocycles. The third-order valence-electron chi connectivity index (χ3n) is 7.11. The second-order valence-electron chi connectivity index (χ2n) is 9.87. The summed E-state index contributed by atoms with van der Waals surface area (Å²) >= 11 is 0. The number of phenols is 1. The summed E-state index contributed by atoms with van der Waals surface area (Å²) < 4.78 is 0. The molecule has 212 valence electrons. The van der Waals surface area contributed by atoms with Gasteiger partial charge in [-0.2, -0.15) is 0 Å². The van der Waals surface area contributed by atoms with E-state index in [1.807, 2.05) is 73.7 Å². The normalized spacial score (nSPS) is 11.5. The number of carbonyl (C=O) groups excluding carboxylic acids is 2. The number of fused-ring (bicyclic) bond motifs is 1. The smallest absolute Gasteiger partial charge is 0.333 e. The summed E-state index contributed by atoms with van der Waals surface area (Å²) in [6.07, 6.45) is 1.86. The Morgan fingerprint density at radius 3 is 2.37 bits per heavy atom. The Hall–Kier alpha value is -4.92. The number of hydrogen-bond donors (Lipinski definition) is 3. The van der Waals surface area contributed by atoms with Gasteiger partial charge in [0.2, 0.25) is 5.91 Å². The van der Waals surface area contributed by atoms with Crippen LogP contribution in [-0.2, 0) is 24.2 Å². The molecule has 0 saturated heterocycles. The lowest BCUT2D eigenvalue weighted by atomic mass is 10.0. The molecule has 1 unspecified atom stereocenters. The van der Waals surface area contributed by atoms with E-state index in [4.69, 9.17) is 0 Å². The van der Waals surface area contributed by atoms with Gasteiger partial charge in [0.05, 0.1) is 11.0 Å². The van der Waals surface area contributed by atoms with Crippen molar-refractivity contribution in [3.63, 3.8) is 0 Å². The van der Waals surface area contributed by atoms with Crippen LogP contribution in [-0.4, -0.2) is 33.0 Å². The molecule has 41 heavy (non-hydrogen) atoms. The fraction of sp³-hybridized carbons (Fsp3) is 0.250. The summed E-state index contributed by atoms with van der Waals surface area (Å²) in [5, 5.41) is 28.0. The molecule has 1 atom stereocenters. The highest BCUT2D eigenvalue weighted by Gasteiger charge is 2.25. The maximum absolute atomic E-state index is 13.6. The molecule has 0 spiro atoms. The fourth-order valence-corrected chi connectivity index (χ4v) is 4.82. The predicted molar refractivity (Wildman–Crippen MR) is 158 cm³/mol. The van der Waals surface area contributed by atoms with E-state index in [0.29, 0.717) is 31.4 Å². The molecule has 0 saturated carbocycles. The van der Waals surface area contributed by atoms with E-state index >= 15 is 0 Å². The van der Waals surface area contributed by atoms with Crippen LogP contribution in [0.5, 0.6) is 5.75 Å². The highest BCUT2D eigenvalue weighted by molar-refractivity contribution is 5.84. The number of aromatic hydroxyl groups is 1. The number of carbonyl (C=O) groups is 2. The third-order valence-corrected chi connectivity index (χ3v) is 7.11. The number of benzene rings is 4. The van der Waals surface area contributed by atoms with Crippen LogP contribution in [0.2, 0.25) is 0 Å². The molecule has 0 aliphatic heterocycles. The van der Waals surface area contributed by atoms with Gasteiger partial charge in [0.15, 0.2) is 5.75 Å². The molecule has 4 rings (SSSR count). The fourth-order valence-electron chi connectivity index (χ4n) is 4.82. The van der Waals surface area contributed by atoms with E-state index in [1.165, 1.54) is 17.1 Å². The average molecular weight is 555 g/mol. The molecule has 3 N–H and O–H groups in total. The van der Waals surface area contributed by atoms with Crippen LogP contribution in [0.4, 0.5) is 10.5 Å². The summed E-state index contributed by atoms with van der Waals surface area (Å²) in [6.45, 7) is 2.20. The monoisotopic (exact) mass is 554 g/mol. The first-order valence-corrected chi connectivity index (χ1v) is 13.7. The molecular weight excluding hydrogens is 520 g/mol. The zero-order chi connectivity index (χ0) is 29.2. The Morgan fingerprint density at radius 2 is 1.63 bits per heavy atom. The molecule has 0 bridgehead atoms. The lowest BCUT2D eigenvalue weighted by Gasteiger charge is -2.31. The highest BCUT2D eigenvalue weighted by Crippen LogP contribution is 2.30. The number of para-hydroxylation sites is 1. The van der Waals surface area contributed by atoms with Crippen LogP contribution in [0.1, 0.15) is 42.9 Å². The largest absolute Gasteiger partial charge is 0.502 e. The number of hydrazine groups is 1. The summed E-state index contributed by atoms with van der Waals surface area (Å²) in [4.78, 5) is 37.1. The quantitative estimate of drug-likeness (QED) is 0.154. The molecule has 0 aliphatic rings. The maximum Gasteiger partial charge on any atom is 0.333 e. The van der Waals surface area contributed by atoms with E-state index < -0.39 is 17.0 Å². The summed E-state index contributed by atoms with van der Waals surface area (Å²) in [5.41, 5.74) is 4.73. The minimum absolute atomic E-state index is 0.176. The summed E-state index contributed by atoms with van der Waals surface area (Å²) in [7, 11) is 0. The number of nitrogens with one attached hydrogen (secondary N) is 2. The molecule has 9 heteroatoms. The third kappa shape index (κ3) is 7.82. The van der Waals surface area contributed by atoms with Crippen LogP contribution in [0.25, 0.3) is 10.8 Å². The van der Waals surface area contributed by atoms with Crippen molar-refractivity contribution in [2.45, 2.75) is 51.6 Å². The van der Waals surface area contributed by atoms with Gasteiger partial charge < -0.3 is 10.4 Å². The number of phenolic OH excluding ortho intramolecular Hbond substituents is 1. The van der Waals surface area contributed by atoms with Gasteiger partial charge in [0.25, 0.3) is 0 Å². The standard InChI is InChI=1S/C32H34N4O5/c1-2-28(19-18-26-13-8-14-29(31(26)38)36(40)41)35(34-32(39)33-22-24-9-4-3-5-10-24)30(37)20-16-23-15-17-25-11-6-7-12-27(25)21-23/h3-15,17,21,28,38H,2,16,18-20,22H2,1H3,(H2,33,34,39). The predicted octanol–water partition coefficient (Wildman–Crippen LogP) is 6.04. The summed E-state index contributed by atoms with van der Waals surface area (Å²) in [5.74, 6) is -0.627. The van der Waals surface area contributed by atoms with E-state index in [9.17, 15) is 24.8 Å². The molecule has 0 aliphatic carbocycles. The van der Waals surface area contributed by atoms with Crippen LogP contribution < -0.4 is 10.7 Å². The Morgan fingerprint density at radius 1 is 0.902 bits per heavy atom. The van der Waals surface area contributed by atoms with Crippen molar-refractivity contribution in [3.05, 3.63) is 118 Å². The maximum atomic E-state index is 13.6. The highest BCUT2D eigenvalue weighted by atomic mass is 16.6. The lowest BCUT2D eigenvalue weighted by molar-refractivity contribution is -0.385. The number of nitro groups is 1. The van der Waals surface area contributed by atoms with Crippen molar-refractivity contribution in [3.8, 4) is 5.75 Å². The molecule has 0 aromatic heterocycles. The first kappa shape index (κ1) is 29.1. The van der Waals surface area contributed by atoms with Gasteiger partial charge in [0.1, 0.15) is 0 Å². The van der Waals surface area contributed by atoms with Gasteiger partial charge in [-0.15, -0.1) is 0 Å². The molecular formula is C32H34N4O5. The van der Waals surface area contributed by atoms with Crippen LogP contribution in [0.3, 0.4) is 0 Å². The average Bonchev–Trinajstić information content (AvgIpc) is 2.99. The number of amides is 3. The van der Waals surface area contributed by atoms with Crippen molar-refractivity contribution in [1.82, 2.24) is 15.8 Å². The van der Waals surface area contributed by atoms with Gasteiger partial charge in [-0.3, -0.25) is 14.9 Å². The second-order valence-corrected chi connectivity index (χ2v) is 9.87. The second kappa shape index (κ2) is 13.9. The number of nitro benzene ring substituents is 1. The molecule has 9 nitrogen and oxygen atoms in total. The van der Waals surface area contributed by atoms with Crippen LogP contribution in [0.15, 0.2) is 91.0 Å². The molecule has 0 fully saturated rings. The van der Waals surface area contributed by atoms with Gasteiger partial charge in [-0.1, -0.05) is 91.9 Å². The minimum Gasteiger partial charge on any atom is -0.502 e. The Bertz CT molecular complexity index is 1510. The molecule has 4 aromatic rings. The SMILES string of the molecule is CCC(CCc1cccc([N+](=O)[O-])c1O)N(NC(=O)NCc1ccccc1)C(=O)CCc1ccc2ccccc2c1. The van der Waals surface area contributed by atoms with E-state index in [1.54, 1.807) is 6.07 Å². The zero-order valence-corrected chi connectivity index (χ0v) is 23.0. The number of nitrogens with zero attached hydrogens (tertiary/aromatic N) is 2. The Labute approximate surface area is 238 Å². The number of aryl methyl sites for hydroxylation is 2. The van der Waals surface area contributed by atoms with Crippen molar-refractivity contribution in [1.29, 1.82) is 0 Å². The van der Waals surface area contributed by atoms with E-state index in [-0.39, 0.29) is 30.2 Å². The van der Waals surface area contributed by atoms with Crippen molar-refractivity contribution >= 4 is 28.4 Å². The van der Waals surface area contributed by atoms with Crippen molar-refractivity contribution in [2.24, 2.45) is 0 Å². The van der Waals surface area contributed by atoms with Gasteiger partial charge >= 0.3 is 11.7 Å². The van der Waals surface area contributed by atoms with Gasteiger partial charge in [-0.05, 0) is 47.6 Å². The topological polar surface area (TPSA) is 125 Å². The van der Waals surface area contributed by atoms with Crippen LogP contribution >= 0.6 is 0 Å². The molecule has 3 amide bonds. The number of rotatable bonds is 11. The van der Waals surface area contributed by atoms with Crippen molar-refractivity contribution < 1.29 is 19.6 Å². The van der Waals surface area contributed by atoms with Gasteiger partial charge in [-0.25, -0.2) is 15.2 Å². The van der Waals surface area contributed by atoms with Gasteiger partial charge in [0, 0.05) is 24.6 Å². The Balaban J connectivity index is 1.48.